The molecule has 2 heterocycles. The van der Waals surface area contributed by atoms with Crippen LogP contribution in [0.2, 0.25) is 0 Å². The molecule has 0 spiro atoms. The van der Waals surface area contributed by atoms with Crippen LogP contribution in [0.15, 0.2) is 47.2 Å². The molecule has 1 aliphatic heterocycles. The SMILES string of the molecule is CCP(=O)(CN1CCC(CCCOc2cc3ncnc(Nc4cccc(Br)c4)c3cc2OC)CC1)OC. The highest BCUT2D eigenvalue weighted by molar-refractivity contribution is 9.10. The average Bonchev–Trinajstić information content (AvgIpc) is 2.91. The van der Waals surface area contributed by atoms with Gasteiger partial charge in [0.2, 0.25) is 7.37 Å². The van der Waals surface area contributed by atoms with Gasteiger partial charge < -0.3 is 19.3 Å². The van der Waals surface area contributed by atoms with E-state index in [0.29, 0.717) is 42.3 Å². The minimum Gasteiger partial charge on any atom is -0.493 e. The third-order valence-corrected chi connectivity index (χ3v) is 9.91. The summed E-state index contributed by atoms with van der Waals surface area (Å²) in [6, 6.07) is 11.8. The third-order valence-electron chi connectivity index (χ3n) is 6.96. The molecule has 1 fully saturated rings. The van der Waals surface area contributed by atoms with Crippen molar-refractivity contribution in [2.24, 2.45) is 5.92 Å². The molecular weight excluding hydrogens is 555 g/mol. The van der Waals surface area contributed by atoms with E-state index in [1.165, 1.54) is 0 Å². The molecule has 3 aromatic rings. The van der Waals surface area contributed by atoms with Crippen LogP contribution < -0.4 is 14.8 Å². The molecule has 0 radical (unpaired) electrons. The number of anilines is 2. The van der Waals surface area contributed by atoms with Crippen LogP contribution in [0.3, 0.4) is 0 Å². The first kappa shape index (κ1) is 27.8. The van der Waals surface area contributed by atoms with Gasteiger partial charge in [0, 0.05) is 34.9 Å². The average molecular weight is 591 g/mol. The van der Waals surface area contributed by atoms with Crippen molar-refractivity contribution < 1.29 is 18.6 Å². The molecule has 0 aliphatic carbocycles. The maximum Gasteiger partial charge on any atom is 0.216 e. The first-order valence-corrected chi connectivity index (χ1v) is 15.6. The lowest BCUT2D eigenvalue weighted by Gasteiger charge is -2.33. The van der Waals surface area contributed by atoms with E-state index in [2.05, 4.69) is 36.1 Å². The second-order valence-corrected chi connectivity index (χ2v) is 13.2. The van der Waals surface area contributed by atoms with Crippen molar-refractivity contribution in [3.63, 3.8) is 0 Å². The van der Waals surface area contributed by atoms with Gasteiger partial charge in [0.15, 0.2) is 11.5 Å². The first-order chi connectivity index (χ1) is 17.9. The topological polar surface area (TPSA) is 85.8 Å². The normalized spacial score (nSPS) is 16.4. The zero-order valence-electron chi connectivity index (χ0n) is 21.8. The fourth-order valence-corrected chi connectivity index (χ4v) is 6.57. The summed E-state index contributed by atoms with van der Waals surface area (Å²) in [5, 5.41) is 4.23. The van der Waals surface area contributed by atoms with Crippen molar-refractivity contribution in [3.8, 4) is 11.5 Å². The van der Waals surface area contributed by atoms with Crippen molar-refractivity contribution in [2.45, 2.75) is 32.6 Å². The molecule has 1 unspecified atom stereocenters. The van der Waals surface area contributed by atoms with Gasteiger partial charge in [0.05, 0.1) is 25.5 Å². The Morgan fingerprint density at radius 3 is 2.65 bits per heavy atom. The van der Waals surface area contributed by atoms with E-state index in [-0.39, 0.29) is 0 Å². The number of hydrogen-bond donors (Lipinski definition) is 1. The molecule has 37 heavy (non-hydrogen) atoms. The van der Waals surface area contributed by atoms with E-state index >= 15 is 0 Å². The predicted octanol–water partition coefficient (Wildman–Crippen LogP) is 6.92. The number of benzene rings is 2. The number of piperidine rings is 1. The number of nitrogens with zero attached hydrogens (tertiary/aromatic N) is 3. The van der Waals surface area contributed by atoms with E-state index in [4.69, 9.17) is 14.0 Å². The number of aromatic nitrogens is 2. The van der Waals surface area contributed by atoms with Gasteiger partial charge in [0.1, 0.15) is 12.1 Å². The van der Waals surface area contributed by atoms with Crippen LogP contribution in [0.25, 0.3) is 10.9 Å². The maximum absolute atomic E-state index is 12.6. The van der Waals surface area contributed by atoms with Crippen molar-refractivity contribution in [1.82, 2.24) is 14.9 Å². The summed E-state index contributed by atoms with van der Waals surface area (Å²) in [7, 11) is 0.712. The highest BCUT2D eigenvalue weighted by Gasteiger charge is 2.26. The Morgan fingerprint density at radius 2 is 1.95 bits per heavy atom. The number of ether oxygens (including phenoxy) is 2. The molecule has 10 heteroatoms. The summed E-state index contributed by atoms with van der Waals surface area (Å²) in [5.74, 6) is 2.72. The van der Waals surface area contributed by atoms with Crippen LogP contribution in [0, 0.1) is 5.92 Å². The molecule has 1 saturated heterocycles. The van der Waals surface area contributed by atoms with Gasteiger partial charge in [0.25, 0.3) is 0 Å². The predicted molar refractivity (Wildman–Crippen MR) is 153 cm³/mol. The monoisotopic (exact) mass is 590 g/mol. The second kappa shape index (κ2) is 13.1. The summed E-state index contributed by atoms with van der Waals surface area (Å²) in [6.45, 7) is 4.51. The summed E-state index contributed by atoms with van der Waals surface area (Å²) < 4.78 is 30.7. The molecule has 0 amide bonds. The zero-order chi connectivity index (χ0) is 26.3. The largest absolute Gasteiger partial charge is 0.493 e. The number of halogens is 1. The molecule has 1 atom stereocenters. The van der Waals surface area contributed by atoms with E-state index in [9.17, 15) is 4.57 Å². The van der Waals surface area contributed by atoms with Gasteiger partial charge >= 0.3 is 0 Å². The van der Waals surface area contributed by atoms with Crippen LogP contribution in [0.4, 0.5) is 11.5 Å². The lowest BCUT2D eigenvalue weighted by atomic mass is 9.93. The quantitative estimate of drug-likeness (QED) is 0.180. The molecule has 4 rings (SSSR count). The Balaban J connectivity index is 1.31. The minimum absolute atomic E-state index is 0.571. The number of nitrogens with one attached hydrogen (secondary N) is 1. The van der Waals surface area contributed by atoms with Crippen LogP contribution in [-0.2, 0) is 9.09 Å². The molecular formula is C27H36BrN4O4P. The molecule has 1 aromatic heterocycles. The molecule has 200 valence electrons. The zero-order valence-corrected chi connectivity index (χ0v) is 24.3. The van der Waals surface area contributed by atoms with Gasteiger partial charge in [-0.3, -0.25) is 9.46 Å². The molecule has 8 nitrogen and oxygen atoms in total. The van der Waals surface area contributed by atoms with Gasteiger partial charge in [-0.1, -0.05) is 28.9 Å². The van der Waals surface area contributed by atoms with E-state index < -0.39 is 7.37 Å². The summed E-state index contributed by atoms with van der Waals surface area (Å²) >= 11 is 3.50. The molecule has 1 aliphatic rings. The van der Waals surface area contributed by atoms with Crippen molar-refractivity contribution in [3.05, 3.63) is 47.2 Å². The minimum atomic E-state index is -2.50. The van der Waals surface area contributed by atoms with E-state index in [0.717, 1.165) is 59.8 Å². The van der Waals surface area contributed by atoms with Crippen molar-refractivity contribution in [2.75, 3.05) is 51.7 Å². The van der Waals surface area contributed by atoms with Gasteiger partial charge in [-0.2, -0.15) is 0 Å². The standard InChI is InChI=1S/C27H36BrN4O4P/c1-4-37(33,35-3)19-32-12-10-20(11-13-32)7-6-14-36-26-17-24-23(16-25(26)34-2)27(30-18-29-24)31-22-9-5-8-21(28)15-22/h5,8-9,15-18,20H,4,6-7,10-14,19H2,1-3H3,(H,29,30,31). The molecule has 0 bridgehead atoms. The maximum atomic E-state index is 12.6. The fraction of sp³-hybridized carbons (Fsp3) is 0.481. The van der Waals surface area contributed by atoms with Crippen molar-refractivity contribution >= 4 is 45.7 Å². The number of fused-ring (bicyclic) bond motifs is 1. The number of methoxy groups -OCH3 is 1. The lowest BCUT2D eigenvalue weighted by Crippen LogP contribution is -2.34. The number of hydrogen-bond acceptors (Lipinski definition) is 8. The first-order valence-electron chi connectivity index (χ1n) is 12.8. The van der Waals surface area contributed by atoms with Crippen LogP contribution in [0.5, 0.6) is 11.5 Å². The van der Waals surface area contributed by atoms with Crippen LogP contribution in [0.1, 0.15) is 32.6 Å². The highest BCUT2D eigenvalue weighted by atomic mass is 79.9. The fourth-order valence-electron chi connectivity index (χ4n) is 4.70. The van der Waals surface area contributed by atoms with Crippen molar-refractivity contribution in [1.29, 1.82) is 0 Å². The summed E-state index contributed by atoms with van der Waals surface area (Å²) in [5.41, 5.74) is 1.72. The molecule has 2 aromatic carbocycles. The van der Waals surface area contributed by atoms with E-state index in [1.54, 1.807) is 20.5 Å². The molecule has 1 N–H and O–H groups in total. The Labute approximate surface area is 227 Å². The smallest absolute Gasteiger partial charge is 0.216 e. The van der Waals surface area contributed by atoms with E-state index in [1.807, 2.05) is 43.3 Å². The third kappa shape index (κ3) is 7.44. The number of likely N-dealkylation sites (tertiary alicyclic amines) is 1. The number of rotatable bonds is 12. The van der Waals surface area contributed by atoms with Gasteiger partial charge in [-0.15, -0.1) is 0 Å². The Morgan fingerprint density at radius 1 is 1.14 bits per heavy atom. The Hall–Kier alpha value is -2.19. The van der Waals surface area contributed by atoms with Crippen LogP contribution >= 0.6 is 23.3 Å². The van der Waals surface area contributed by atoms with Gasteiger partial charge in [-0.25, -0.2) is 9.97 Å². The summed E-state index contributed by atoms with van der Waals surface area (Å²) in [4.78, 5) is 11.2. The Bertz CT molecular complexity index is 1230. The lowest BCUT2D eigenvalue weighted by molar-refractivity contribution is 0.186. The second-order valence-electron chi connectivity index (χ2n) is 9.38. The molecule has 0 saturated carbocycles. The highest BCUT2D eigenvalue weighted by Crippen LogP contribution is 2.46. The Kier molecular flexibility index (Phi) is 9.82. The van der Waals surface area contributed by atoms with Gasteiger partial charge in [-0.05, 0) is 69.0 Å². The summed E-state index contributed by atoms with van der Waals surface area (Å²) in [6.07, 6.45) is 7.04. The van der Waals surface area contributed by atoms with Crippen LogP contribution in [-0.4, -0.2) is 61.2 Å².